The van der Waals surface area contributed by atoms with Crippen LogP contribution in [0, 0.1) is 5.92 Å². The van der Waals surface area contributed by atoms with Crippen LogP contribution in [-0.4, -0.2) is 22.4 Å². The quantitative estimate of drug-likeness (QED) is 0.394. The summed E-state index contributed by atoms with van der Waals surface area (Å²) in [6.45, 7) is 6.70. The number of unbranched alkanes of at least 4 members (excludes halogenated alkanes) is 8. The summed E-state index contributed by atoms with van der Waals surface area (Å²) in [7, 11) is 0. The first-order valence-corrected chi connectivity index (χ1v) is 9.44. The van der Waals surface area contributed by atoms with Gasteiger partial charge in [-0.25, -0.2) is 0 Å². The predicted octanol–water partition coefficient (Wildman–Crippen LogP) is 5.46. The Morgan fingerprint density at radius 1 is 0.571 bits per heavy atom. The van der Waals surface area contributed by atoms with Gasteiger partial charge in [0.15, 0.2) is 0 Å². The minimum Gasteiger partial charge on any atom is -0.390 e. The molecular weight excluding hydrogens is 260 g/mol. The molecule has 0 saturated heterocycles. The van der Waals surface area contributed by atoms with Crippen LogP contribution in [0.5, 0.6) is 0 Å². The van der Waals surface area contributed by atoms with Crippen molar-refractivity contribution in [2.45, 2.75) is 116 Å². The smallest absolute Gasteiger partial charge is 0.0799 e. The molecular formula is C19H40O2. The largest absolute Gasteiger partial charge is 0.390 e. The van der Waals surface area contributed by atoms with Gasteiger partial charge in [0, 0.05) is 0 Å². The lowest BCUT2D eigenvalue weighted by molar-refractivity contribution is 0.00703. The highest BCUT2D eigenvalue weighted by Crippen LogP contribution is 2.15. The fourth-order valence-corrected chi connectivity index (χ4v) is 2.78. The first kappa shape index (κ1) is 20.9. The van der Waals surface area contributed by atoms with Crippen LogP contribution in [0.15, 0.2) is 0 Å². The number of hydrogen-bond acceptors (Lipinski definition) is 2. The zero-order valence-corrected chi connectivity index (χ0v) is 14.8. The molecule has 2 nitrogen and oxygen atoms in total. The third kappa shape index (κ3) is 14.6. The van der Waals surface area contributed by atoms with E-state index in [9.17, 15) is 10.2 Å². The van der Waals surface area contributed by atoms with Gasteiger partial charge in [0.25, 0.3) is 0 Å². The molecule has 0 aromatic carbocycles. The third-order valence-corrected chi connectivity index (χ3v) is 4.33. The molecule has 2 atom stereocenters. The molecule has 21 heavy (non-hydrogen) atoms. The molecule has 0 saturated carbocycles. The normalized spacial score (nSPS) is 14.6. The molecule has 0 fully saturated rings. The van der Waals surface area contributed by atoms with Crippen LogP contribution in [0.4, 0.5) is 0 Å². The molecule has 0 unspecified atom stereocenters. The van der Waals surface area contributed by atoms with Crippen molar-refractivity contribution in [1.29, 1.82) is 0 Å². The molecule has 0 rings (SSSR count). The molecule has 2 heteroatoms. The zero-order valence-electron chi connectivity index (χ0n) is 14.8. The van der Waals surface area contributed by atoms with Crippen molar-refractivity contribution >= 4 is 0 Å². The second kappa shape index (κ2) is 14.8. The van der Waals surface area contributed by atoms with Crippen molar-refractivity contribution in [2.24, 2.45) is 5.92 Å². The summed E-state index contributed by atoms with van der Waals surface area (Å²) in [4.78, 5) is 0. The van der Waals surface area contributed by atoms with Gasteiger partial charge in [-0.3, -0.25) is 0 Å². The van der Waals surface area contributed by atoms with Crippen LogP contribution in [0.25, 0.3) is 0 Å². The SMILES string of the molecule is CCCCCCCCCC[C@H](O)[C@H](O)CCCCC(C)C. The van der Waals surface area contributed by atoms with Crippen molar-refractivity contribution in [3.63, 3.8) is 0 Å². The summed E-state index contributed by atoms with van der Waals surface area (Å²) in [6, 6.07) is 0. The molecule has 128 valence electrons. The number of aliphatic hydroxyl groups is 2. The maximum absolute atomic E-state index is 9.95. The number of hydrogen-bond donors (Lipinski definition) is 2. The van der Waals surface area contributed by atoms with Gasteiger partial charge in [-0.05, 0) is 18.8 Å². The highest BCUT2D eigenvalue weighted by Gasteiger charge is 2.15. The van der Waals surface area contributed by atoms with Gasteiger partial charge in [0.1, 0.15) is 0 Å². The van der Waals surface area contributed by atoms with E-state index in [0.29, 0.717) is 0 Å². The van der Waals surface area contributed by atoms with Crippen LogP contribution >= 0.6 is 0 Å². The van der Waals surface area contributed by atoms with E-state index >= 15 is 0 Å². The average Bonchev–Trinajstić information content (AvgIpc) is 2.45. The molecule has 0 amide bonds. The van der Waals surface area contributed by atoms with Gasteiger partial charge in [-0.15, -0.1) is 0 Å². The van der Waals surface area contributed by atoms with Crippen molar-refractivity contribution in [1.82, 2.24) is 0 Å². The van der Waals surface area contributed by atoms with Crippen LogP contribution in [-0.2, 0) is 0 Å². The van der Waals surface area contributed by atoms with E-state index in [0.717, 1.165) is 31.6 Å². The molecule has 0 bridgehead atoms. The second-order valence-corrected chi connectivity index (χ2v) is 7.08. The Morgan fingerprint density at radius 3 is 1.43 bits per heavy atom. The van der Waals surface area contributed by atoms with Gasteiger partial charge in [-0.1, -0.05) is 91.4 Å². The molecule has 0 aromatic heterocycles. The van der Waals surface area contributed by atoms with E-state index in [-0.39, 0.29) is 0 Å². The fraction of sp³-hybridized carbons (Fsp3) is 1.00. The fourth-order valence-electron chi connectivity index (χ4n) is 2.78. The Morgan fingerprint density at radius 2 is 0.952 bits per heavy atom. The van der Waals surface area contributed by atoms with Gasteiger partial charge >= 0.3 is 0 Å². The minimum absolute atomic E-state index is 0.510. The third-order valence-electron chi connectivity index (χ3n) is 4.33. The van der Waals surface area contributed by atoms with E-state index in [1.54, 1.807) is 0 Å². The van der Waals surface area contributed by atoms with Crippen molar-refractivity contribution in [3.8, 4) is 0 Å². The van der Waals surface area contributed by atoms with Crippen molar-refractivity contribution < 1.29 is 10.2 Å². The summed E-state index contributed by atoms with van der Waals surface area (Å²) in [6.07, 6.45) is 14.2. The Bertz CT molecular complexity index is 204. The molecule has 0 aromatic rings. The summed E-state index contributed by atoms with van der Waals surface area (Å²) in [5.74, 6) is 0.740. The molecule has 0 heterocycles. The van der Waals surface area contributed by atoms with Crippen LogP contribution in [0.1, 0.15) is 104 Å². The Balaban J connectivity index is 3.36. The van der Waals surface area contributed by atoms with E-state index in [2.05, 4.69) is 20.8 Å². The summed E-state index contributed by atoms with van der Waals surface area (Å²) < 4.78 is 0. The Kier molecular flexibility index (Phi) is 14.8. The standard InChI is InChI=1S/C19H40O2/c1-4-5-6-7-8-9-10-11-15-18(20)19(21)16-13-12-14-17(2)3/h17-21H,4-16H2,1-3H3/t18-,19+/m0/s1. The number of aliphatic hydroxyl groups excluding tert-OH is 2. The monoisotopic (exact) mass is 300 g/mol. The first-order chi connectivity index (χ1) is 10.1. The molecule has 0 aliphatic carbocycles. The summed E-state index contributed by atoms with van der Waals surface area (Å²) >= 11 is 0. The second-order valence-electron chi connectivity index (χ2n) is 7.08. The Labute approximate surface area is 133 Å². The lowest BCUT2D eigenvalue weighted by Crippen LogP contribution is -2.25. The summed E-state index contributed by atoms with van der Waals surface area (Å²) in [5.41, 5.74) is 0. The highest BCUT2D eigenvalue weighted by atomic mass is 16.3. The van der Waals surface area contributed by atoms with Gasteiger partial charge < -0.3 is 10.2 Å². The van der Waals surface area contributed by atoms with Gasteiger partial charge in [0.2, 0.25) is 0 Å². The highest BCUT2D eigenvalue weighted by molar-refractivity contribution is 4.67. The minimum atomic E-state index is -0.512. The topological polar surface area (TPSA) is 40.5 Å². The van der Waals surface area contributed by atoms with Crippen LogP contribution in [0.3, 0.4) is 0 Å². The van der Waals surface area contributed by atoms with Crippen LogP contribution < -0.4 is 0 Å². The maximum Gasteiger partial charge on any atom is 0.0799 e. The van der Waals surface area contributed by atoms with Crippen molar-refractivity contribution in [3.05, 3.63) is 0 Å². The molecule has 0 spiro atoms. The Hall–Kier alpha value is -0.0800. The van der Waals surface area contributed by atoms with Gasteiger partial charge in [0.05, 0.1) is 12.2 Å². The molecule has 0 radical (unpaired) electrons. The summed E-state index contributed by atoms with van der Waals surface area (Å²) in [5, 5.41) is 19.9. The lowest BCUT2D eigenvalue weighted by Gasteiger charge is -2.17. The van der Waals surface area contributed by atoms with E-state index in [4.69, 9.17) is 0 Å². The van der Waals surface area contributed by atoms with Crippen molar-refractivity contribution in [2.75, 3.05) is 0 Å². The average molecular weight is 301 g/mol. The maximum atomic E-state index is 9.95. The van der Waals surface area contributed by atoms with E-state index < -0.39 is 12.2 Å². The zero-order chi connectivity index (χ0) is 15.9. The van der Waals surface area contributed by atoms with E-state index in [1.165, 1.54) is 57.8 Å². The van der Waals surface area contributed by atoms with Gasteiger partial charge in [-0.2, -0.15) is 0 Å². The van der Waals surface area contributed by atoms with Crippen LogP contribution in [0.2, 0.25) is 0 Å². The first-order valence-electron chi connectivity index (χ1n) is 9.44. The predicted molar refractivity (Wildman–Crippen MR) is 92.5 cm³/mol. The lowest BCUT2D eigenvalue weighted by atomic mass is 9.98. The molecule has 0 aliphatic rings. The molecule has 2 N–H and O–H groups in total. The number of rotatable bonds is 15. The molecule has 0 aliphatic heterocycles. The van der Waals surface area contributed by atoms with E-state index in [1.807, 2.05) is 0 Å².